The van der Waals surface area contributed by atoms with Crippen LogP contribution in [-0.2, 0) is 14.8 Å². The Hall–Kier alpha value is -2.39. The Labute approximate surface area is 173 Å². The molecule has 1 heterocycles. The minimum absolute atomic E-state index is 0.0933. The Morgan fingerprint density at radius 3 is 1.96 bits per heavy atom. The van der Waals surface area contributed by atoms with Crippen molar-refractivity contribution in [3.8, 4) is 0 Å². The van der Waals surface area contributed by atoms with Gasteiger partial charge in [-0.05, 0) is 36.4 Å². The van der Waals surface area contributed by atoms with Crippen LogP contribution in [0.5, 0.6) is 0 Å². The third-order valence-corrected chi connectivity index (χ3v) is 7.35. The van der Waals surface area contributed by atoms with Gasteiger partial charge in [-0.15, -0.1) is 11.3 Å². The van der Waals surface area contributed by atoms with E-state index in [1.54, 1.807) is 5.01 Å². The minimum atomic E-state index is -3.79. The van der Waals surface area contributed by atoms with Gasteiger partial charge < -0.3 is 0 Å². The number of nitrogens with zero attached hydrogens (tertiary/aromatic N) is 2. The number of nitrogens with one attached hydrogen (secondary N) is 1. The van der Waals surface area contributed by atoms with Gasteiger partial charge in [0.05, 0.1) is 22.3 Å². The van der Waals surface area contributed by atoms with Gasteiger partial charge in [0.15, 0.2) is 0 Å². The minimum Gasteiger partial charge on any atom is -0.272 e. The summed E-state index contributed by atoms with van der Waals surface area (Å²) in [4.78, 5) is 12.6. The van der Waals surface area contributed by atoms with Crippen molar-refractivity contribution in [2.45, 2.75) is 4.21 Å². The predicted molar refractivity (Wildman–Crippen MR) is 112 cm³/mol. The van der Waals surface area contributed by atoms with Gasteiger partial charge in [-0.25, -0.2) is 8.42 Å². The summed E-state index contributed by atoms with van der Waals surface area (Å²) < 4.78 is 26.6. The number of hydrazine groups is 1. The molecule has 1 amide bonds. The molecule has 0 spiro atoms. The first-order valence-corrected chi connectivity index (χ1v) is 10.9. The summed E-state index contributed by atoms with van der Waals surface area (Å²) in [5.41, 5.74) is 4.27. The molecule has 146 valence electrons. The molecule has 3 rings (SSSR count). The molecule has 0 aliphatic carbocycles. The number of likely N-dealkylation sites (N-methyl/N-ethyl adjacent to an activating group) is 1. The number of rotatable bonds is 7. The van der Waals surface area contributed by atoms with E-state index in [0.717, 1.165) is 27.0 Å². The highest BCUT2D eigenvalue weighted by Gasteiger charge is 2.25. The van der Waals surface area contributed by atoms with Crippen LogP contribution >= 0.6 is 22.9 Å². The number of anilines is 2. The van der Waals surface area contributed by atoms with Crippen molar-refractivity contribution in [2.75, 3.05) is 18.6 Å². The van der Waals surface area contributed by atoms with Gasteiger partial charge in [0.2, 0.25) is 0 Å². The van der Waals surface area contributed by atoms with Crippen molar-refractivity contribution >= 4 is 50.2 Å². The highest BCUT2D eigenvalue weighted by Crippen LogP contribution is 2.27. The fraction of sp³-hybridized carbons (Fsp3) is 0.105. The highest BCUT2D eigenvalue weighted by atomic mass is 35.5. The van der Waals surface area contributed by atoms with E-state index >= 15 is 0 Å². The molecule has 0 saturated heterocycles. The lowest BCUT2D eigenvalue weighted by atomic mass is 10.2. The smallest absolute Gasteiger partial charge is 0.254 e. The predicted octanol–water partition coefficient (Wildman–Crippen LogP) is 3.89. The van der Waals surface area contributed by atoms with Crippen LogP contribution in [0.15, 0.2) is 77.0 Å². The molecule has 1 aromatic heterocycles. The molecule has 0 fully saturated rings. The fourth-order valence-electron chi connectivity index (χ4n) is 2.47. The summed E-state index contributed by atoms with van der Waals surface area (Å²) in [6.07, 6.45) is 0. The molecule has 0 saturated carbocycles. The Kier molecular flexibility index (Phi) is 6.35. The number of benzene rings is 2. The van der Waals surface area contributed by atoms with E-state index < -0.39 is 15.9 Å². The topological polar surface area (TPSA) is 69.7 Å². The molecule has 3 aromatic rings. The average Bonchev–Trinajstić information content (AvgIpc) is 3.14. The number of carbonyl (C=O) groups excluding carboxylic acids is 1. The van der Waals surface area contributed by atoms with Crippen LogP contribution in [0.3, 0.4) is 0 Å². The van der Waals surface area contributed by atoms with Crippen LogP contribution in [0.1, 0.15) is 0 Å². The molecule has 1 N–H and O–H groups in total. The SMILES string of the molecule is CN(CC(=O)NN(c1ccccc1)c1ccccc1)S(=O)(=O)c1ccc(Cl)s1. The standard InChI is InChI=1S/C19H18ClN3O3S2/c1-22(28(25,26)19-13-12-17(20)27-19)14-18(24)21-23(15-8-4-2-5-9-15)16-10-6-3-7-11-16/h2-13H,14H2,1H3,(H,21,24). The van der Waals surface area contributed by atoms with Gasteiger partial charge in [-0.2, -0.15) is 4.31 Å². The molecule has 0 radical (unpaired) electrons. The van der Waals surface area contributed by atoms with Crippen molar-refractivity contribution < 1.29 is 13.2 Å². The van der Waals surface area contributed by atoms with Gasteiger partial charge in [0, 0.05) is 7.05 Å². The number of sulfonamides is 1. The van der Waals surface area contributed by atoms with Gasteiger partial charge in [-0.1, -0.05) is 48.0 Å². The summed E-state index contributed by atoms with van der Waals surface area (Å²) in [5, 5.41) is 1.62. The number of amides is 1. The van der Waals surface area contributed by atoms with Crippen molar-refractivity contribution in [3.63, 3.8) is 0 Å². The summed E-state index contributed by atoms with van der Waals surface area (Å²) in [6, 6.07) is 21.5. The molecule has 6 nitrogen and oxygen atoms in total. The van der Waals surface area contributed by atoms with Gasteiger partial charge in [0.25, 0.3) is 15.9 Å². The zero-order valence-corrected chi connectivity index (χ0v) is 17.3. The Bertz CT molecular complexity index is 1000. The van der Waals surface area contributed by atoms with E-state index in [2.05, 4.69) is 5.43 Å². The second kappa shape index (κ2) is 8.74. The molecule has 28 heavy (non-hydrogen) atoms. The molecular formula is C19H18ClN3O3S2. The number of para-hydroxylation sites is 2. The first kappa shape index (κ1) is 20.3. The average molecular weight is 436 g/mol. The third-order valence-electron chi connectivity index (χ3n) is 3.84. The number of hydrogen-bond acceptors (Lipinski definition) is 5. The molecule has 0 aliphatic rings. The Balaban J connectivity index is 1.77. The lowest BCUT2D eigenvalue weighted by molar-refractivity contribution is -0.121. The monoisotopic (exact) mass is 435 g/mol. The maximum Gasteiger partial charge on any atom is 0.254 e. The lowest BCUT2D eigenvalue weighted by Crippen LogP contribution is -2.45. The van der Waals surface area contributed by atoms with Crippen LogP contribution in [0.2, 0.25) is 4.34 Å². The van der Waals surface area contributed by atoms with E-state index in [1.807, 2.05) is 60.7 Å². The molecule has 2 aromatic carbocycles. The zero-order chi connectivity index (χ0) is 20.1. The van der Waals surface area contributed by atoms with Gasteiger partial charge in [-0.3, -0.25) is 15.2 Å². The van der Waals surface area contributed by atoms with E-state index in [-0.39, 0.29) is 10.8 Å². The number of thiophene rings is 1. The fourth-order valence-corrected chi connectivity index (χ4v) is 5.29. The van der Waals surface area contributed by atoms with Crippen LogP contribution in [-0.4, -0.2) is 32.2 Å². The van der Waals surface area contributed by atoms with Gasteiger partial charge >= 0.3 is 0 Å². The number of carbonyl (C=O) groups is 1. The van der Waals surface area contributed by atoms with E-state index in [1.165, 1.54) is 19.2 Å². The maximum atomic E-state index is 12.6. The second-order valence-electron chi connectivity index (χ2n) is 5.86. The molecule has 0 aliphatic heterocycles. The first-order valence-electron chi connectivity index (χ1n) is 8.29. The van der Waals surface area contributed by atoms with Crippen molar-refractivity contribution in [2.24, 2.45) is 0 Å². The van der Waals surface area contributed by atoms with E-state index in [0.29, 0.717) is 4.34 Å². The van der Waals surface area contributed by atoms with Crippen molar-refractivity contribution in [1.29, 1.82) is 0 Å². The van der Waals surface area contributed by atoms with Crippen molar-refractivity contribution in [3.05, 3.63) is 77.1 Å². The lowest BCUT2D eigenvalue weighted by Gasteiger charge is -2.26. The summed E-state index contributed by atoms with van der Waals surface area (Å²) in [5.74, 6) is -0.471. The van der Waals surface area contributed by atoms with E-state index in [4.69, 9.17) is 11.6 Å². The Morgan fingerprint density at radius 1 is 0.964 bits per heavy atom. The summed E-state index contributed by atoms with van der Waals surface area (Å²) in [6.45, 7) is -0.339. The molecule has 0 atom stereocenters. The largest absolute Gasteiger partial charge is 0.272 e. The molecule has 0 unspecified atom stereocenters. The second-order valence-corrected chi connectivity index (χ2v) is 9.85. The summed E-state index contributed by atoms with van der Waals surface area (Å²) in [7, 11) is -2.43. The van der Waals surface area contributed by atoms with Crippen LogP contribution in [0, 0.1) is 0 Å². The molecular weight excluding hydrogens is 418 g/mol. The van der Waals surface area contributed by atoms with E-state index in [9.17, 15) is 13.2 Å². The molecule has 0 bridgehead atoms. The highest BCUT2D eigenvalue weighted by molar-refractivity contribution is 7.91. The Morgan fingerprint density at radius 2 is 1.50 bits per heavy atom. The zero-order valence-electron chi connectivity index (χ0n) is 14.9. The van der Waals surface area contributed by atoms with Crippen LogP contribution in [0.4, 0.5) is 11.4 Å². The third kappa shape index (κ3) is 4.71. The normalized spacial score (nSPS) is 11.4. The van der Waals surface area contributed by atoms with Crippen LogP contribution in [0.25, 0.3) is 0 Å². The summed E-state index contributed by atoms with van der Waals surface area (Å²) >= 11 is 6.78. The maximum absolute atomic E-state index is 12.6. The molecule has 9 heteroatoms. The number of hydrogen-bond donors (Lipinski definition) is 1. The van der Waals surface area contributed by atoms with Crippen molar-refractivity contribution in [1.82, 2.24) is 9.73 Å². The van der Waals surface area contributed by atoms with Gasteiger partial charge in [0.1, 0.15) is 4.21 Å². The van der Waals surface area contributed by atoms with Crippen LogP contribution < -0.4 is 10.4 Å². The quantitative estimate of drug-likeness (QED) is 0.571. The first-order chi connectivity index (χ1) is 13.4. The number of halogens is 1.